The molecule has 0 saturated heterocycles. The summed E-state index contributed by atoms with van der Waals surface area (Å²) in [6, 6.07) is 16.1. The summed E-state index contributed by atoms with van der Waals surface area (Å²) in [4.78, 5) is 12.2. The van der Waals surface area contributed by atoms with E-state index in [1.54, 1.807) is 48.5 Å². The molecule has 2 aromatic carbocycles. The number of hydrogen-bond donors (Lipinski definition) is 7. The van der Waals surface area contributed by atoms with E-state index in [0.717, 1.165) is 0 Å². The highest BCUT2D eigenvalue weighted by molar-refractivity contribution is 5.42. The minimum absolute atomic E-state index is 0.0231. The summed E-state index contributed by atoms with van der Waals surface area (Å²) >= 11 is 0. The summed E-state index contributed by atoms with van der Waals surface area (Å²) in [6.07, 6.45) is -2.05. The third-order valence-corrected chi connectivity index (χ3v) is 4.72. The van der Waals surface area contributed by atoms with Gasteiger partial charge in [0.1, 0.15) is 12.2 Å². The van der Waals surface area contributed by atoms with Crippen LogP contribution in [-0.4, -0.2) is 60.7 Å². The van der Waals surface area contributed by atoms with E-state index in [0.29, 0.717) is 11.1 Å². The predicted molar refractivity (Wildman–Crippen MR) is 116 cm³/mol. The van der Waals surface area contributed by atoms with Gasteiger partial charge in [-0.25, -0.2) is 0 Å². The van der Waals surface area contributed by atoms with E-state index in [4.69, 9.17) is 5.73 Å². The van der Waals surface area contributed by atoms with Crippen molar-refractivity contribution in [2.24, 2.45) is 0 Å². The number of nitrogens with zero attached hydrogens (tertiary/aromatic N) is 3. The molecule has 164 valence electrons. The second-order valence-electron chi connectivity index (χ2n) is 6.92. The van der Waals surface area contributed by atoms with E-state index in [1.807, 2.05) is 12.1 Å². The Hall–Kier alpha value is -3.31. The van der Waals surface area contributed by atoms with Crippen LogP contribution in [0.15, 0.2) is 60.7 Å². The van der Waals surface area contributed by atoms with Gasteiger partial charge in [-0.05, 0) is 11.1 Å². The first-order valence-electron chi connectivity index (χ1n) is 9.74. The third kappa shape index (κ3) is 5.86. The quantitative estimate of drug-likeness (QED) is 0.242. The molecule has 3 aromatic rings. The lowest BCUT2D eigenvalue weighted by atomic mass is 10.0. The molecule has 0 aliphatic rings. The maximum absolute atomic E-state index is 10.6. The molecule has 3 rings (SSSR count). The van der Waals surface area contributed by atoms with E-state index in [9.17, 15) is 20.4 Å². The highest BCUT2D eigenvalue weighted by Crippen LogP contribution is 2.21. The van der Waals surface area contributed by atoms with E-state index >= 15 is 0 Å². The van der Waals surface area contributed by atoms with Crippen molar-refractivity contribution in [3.05, 3.63) is 71.8 Å². The van der Waals surface area contributed by atoms with Gasteiger partial charge < -0.3 is 36.8 Å². The first-order valence-corrected chi connectivity index (χ1v) is 9.74. The van der Waals surface area contributed by atoms with Crippen molar-refractivity contribution in [2.45, 2.75) is 24.3 Å². The van der Waals surface area contributed by atoms with Gasteiger partial charge in [-0.1, -0.05) is 60.7 Å². The lowest BCUT2D eigenvalue weighted by Crippen LogP contribution is -2.34. The molecular weight excluding hydrogens is 400 g/mol. The number of nitrogens with two attached hydrogens (primary N) is 1. The van der Waals surface area contributed by atoms with Gasteiger partial charge in [-0.3, -0.25) is 0 Å². The van der Waals surface area contributed by atoms with Gasteiger partial charge in [0.05, 0.1) is 25.3 Å². The monoisotopic (exact) mass is 426 g/mol. The Kier molecular flexibility index (Phi) is 7.68. The van der Waals surface area contributed by atoms with Crippen molar-refractivity contribution in [2.75, 3.05) is 29.6 Å². The fourth-order valence-electron chi connectivity index (χ4n) is 3.07. The summed E-state index contributed by atoms with van der Waals surface area (Å²) in [5.74, 6) is -0.0679. The van der Waals surface area contributed by atoms with Gasteiger partial charge in [0.2, 0.25) is 17.8 Å². The molecule has 4 unspecified atom stereocenters. The molecule has 8 N–H and O–H groups in total. The lowest BCUT2D eigenvalue weighted by Gasteiger charge is -2.24. The summed E-state index contributed by atoms with van der Waals surface area (Å²) in [5.41, 5.74) is 7.00. The largest absolute Gasteiger partial charge is 0.394 e. The van der Waals surface area contributed by atoms with Gasteiger partial charge in [0.15, 0.2) is 0 Å². The summed E-state index contributed by atoms with van der Waals surface area (Å²) < 4.78 is 0. The minimum atomic E-state index is -1.02. The zero-order valence-electron chi connectivity index (χ0n) is 16.7. The fraction of sp³-hybridized carbons (Fsp3) is 0.286. The fourth-order valence-corrected chi connectivity index (χ4v) is 3.07. The molecule has 10 heteroatoms. The molecule has 1 aromatic heterocycles. The Morgan fingerprint density at radius 1 is 0.677 bits per heavy atom. The van der Waals surface area contributed by atoms with E-state index in [2.05, 4.69) is 25.6 Å². The van der Waals surface area contributed by atoms with Gasteiger partial charge in [0.25, 0.3) is 0 Å². The van der Waals surface area contributed by atoms with Crippen LogP contribution >= 0.6 is 0 Å². The van der Waals surface area contributed by atoms with Crippen LogP contribution in [0, 0.1) is 0 Å². The first-order chi connectivity index (χ1) is 15.0. The summed E-state index contributed by atoms with van der Waals surface area (Å²) in [7, 11) is 0. The Morgan fingerprint density at radius 2 is 1.06 bits per heavy atom. The molecule has 1 heterocycles. The maximum Gasteiger partial charge on any atom is 0.229 e. The van der Waals surface area contributed by atoms with E-state index in [-0.39, 0.29) is 17.8 Å². The van der Waals surface area contributed by atoms with Gasteiger partial charge in [-0.2, -0.15) is 15.0 Å². The number of aromatic nitrogens is 3. The molecule has 0 aliphatic heterocycles. The van der Waals surface area contributed by atoms with Crippen LogP contribution in [0.3, 0.4) is 0 Å². The molecule has 0 saturated carbocycles. The van der Waals surface area contributed by atoms with Crippen molar-refractivity contribution in [3.63, 3.8) is 0 Å². The summed E-state index contributed by atoms with van der Waals surface area (Å²) in [5, 5.41) is 46.3. The Labute approximate surface area is 179 Å². The van der Waals surface area contributed by atoms with Crippen LogP contribution < -0.4 is 16.4 Å². The first kappa shape index (κ1) is 22.4. The number of rotatable bonds is 10. The lowest BCUT2D eigenvalue weighted by molar-refractivity contribution is 0.118. The number of aliphatic hydroxyl groups excluding tert-OH is 4. The van der Waals surface area contributed by atoms with Crippen molar-refractivity contribution < 1.29 is 20.4 Å². The van der Waals surface area contributed by atoms with Crippen LogP contribution in [0.4, 0.5) is 17.8 Å². The number of anilines is 3. The Balaban J connectivity index is 1.76. The second kappa shape index (κ2) is 10.6. The Morgan fingerprint density at radius 3 is 1.42 bits per heavy atom. The average molecular weight is 426 g/mol. The highest BCUT2D eigenvalue weighted by atomic mass is 16.3. The summed E-state index contributed by atoms with van der Waals surface area (Å²) in [6.45, 7) is -0.785. The number of nitrogens with one attached hydrogen (secondary N) is 2. The normalized spacial score (nSPS) is 15.0. The highest BCUT2D eigenvalue weighted by Gasteiger charge is 2.24. The van der Waals surface area contributed by atoms with Crippen molar-refractivity contribution >= 4 is 17.8 Å². The van der Waals surface area contributed by atoms with Gasteiger partial charge >= 0.3 is 0 Å². The topological polar surface area (TPSA) is 170 Å². The maximum atomic E-state index is 10.6. The van der Waals surface area contributed by atoms with E-state index in [1.165, 1.54) is 0 Å². The molecule has 0 spiro atoms. The smallest absolute Gasteiger partial charge is 0.229 e. The number of hydrogen-bond acceptors (Lipinski definition) is 10. The van der Waals surface area contributed by atoms with Gasteiger partial charge in [0, 0.05) is 0 Å². The molecule has 0 aliphatic carbocycles. The standard InChI is InChI=1S/C21H26N6O4/c22-19-25-20(23-15(11-28)17(30)13-7-3-1-4-8-13)27-21(26-19)24-16(12-29)18(31)14-9-5-2-6-10-14/h1-10,15-18,28-31H,11-12H2,(H4,22,23,24,25,26,27). The van der Waals surface area contributed by atoms with E-state index < -0.39 is 37.5 Å². The molecule has 31 heavy (non-hydrogen) atoms. The molecule has 0 bridgehead atoms. The molecule has 0 amide bonds. The van der Waals surface area contributed by atoms with Crippen LogP contribution in [0.5, 0.6) is 0 Å². The van der Waals surface area contributed by atoms with Crippen LogP contribution in [0.1, 0.15) is 23.3 Å². The number of nitrogen functional groups attached to an aromatic ring is 1. The predicted octanol–water partition coefficient (Wildman–Crippen LogP) is 0.467. The van der Waals surface area contributed by atoms with Gasteiger partial charge in [-0.15, -0.1) is 0 Å². The molecular formula is C21H26N6O4. The van der Waals surface area contributed by atoms with Crippen molar-refractivity contribution in [1.29, 1.82) is 0 Å². The number of aliphatic hydroxyl groups is 4. The molecule has 0 fully saturated rings. The zero-order valence-corrected chi connectivity index (χ0v) is 16.7. The SMILES string of the molecule is Nc1nc(NC(CO)C(O)c2ccccc2)nc(NC(CO)C(O)c2ccccc2)n1. The zero-order chi connectivity index (χ0) is 22.2. The second-order valence-corrected chi connectivity index (χ2v) is 6.92. The average Bonchev–Trinajstić information content (AvgIpc) is 2.81. The Bertz CT molecular complexity index is 873. The molecule has 4 atom stereocenters. The third-order valence-electron chi connectivity index (χ3n) is 4.72. The molecule has 0 radical (unpaired) electrons. The minimum Gasteiger partial charge on any atom is -0.394 e. The number of benzene rings is 2. The van der Waals surface area contributed by atoms with Crippen molar-refractivity contribution in [1.82, 2.24) is 15.0 Å². The van der Waals surface area contributed by atoms with Crippen LogP contribution in [-0.2, 0) is 0 Å². The van der Waals surface area contributed by atoms with Crippen LogP contribution in [0.2, 0.25) is 0 Å². The van der Waals surface area contributed by atoms with Crippen molar-refractivity contribution in [3.8, 4) is 0 Å². The van der Waals surface area contributed by atoms with Crippen LogP contribution in [0.25, 0.3) is 0 Å². The molecule has 10 nitrogen and oxygen atoms in total.